The second kappa shape index (κ2) is 41.1. The number of hydrogen-bond donors (Lipinski definition) is 0. The van der Waals surface area contributed by atoms with Gasteiger partial charge < -0.3 is 18.9 Å². The normalized spacial score (nSPS) is 23.8. The average Bonchev–Trinajstić information content (AvgIpc) is 0.752. The molecule has 0 amide bonds. The van der Waals surface area contributed by atoms with Gasteiger partial charge in [-0.1, -0.05) is 189 Å². The summed E-state index contributed by atoms with van der Waals surface area (Å²) < 4.78 is 93.5. The minimum absolute atomic E-state index is 0.0184. The van der Waals surface area contributed by atoms with Crippen LogP contribution in [0.5, 0.6) is 0 Å². The van der Waals surface area contributed by atoms with E-state index in [2.05, 4.69) is 97.4 Å². The van der Waals surface area contributed by atoms with Crippen LogP contribution in [0.15, 0.2) is 85.5 Å². The van der Waals surface area contributed by atoms with E-state index in [4.69, 9.17) is 23.9 Å². The van der Waals surface area contributed by atoms with Crippen LogP contribution in [0.25, 0.3) is 0 Å². The van der Waals surface area contributed by atoms with E-state index in [1.54, 1.807) is 5.06 Å². The Hall–Kier alpha value is -5.44. The van der Waals surface area contributed by atoms with E-state index in [0.29, 0.717) is 44.0 Å². The molecule has 12 unspecified atom stereocenters. The van der Waals surface area contributed by atoms with Crippen LogP contribution in [0.2, 0.25) is 0 Å². The van der Waals surface area contributed by atoms with E-state index in [9.17, 15) is 55.1 Å². The molecular formula is C75H118F6N2O12. The molecule has 2 aliphatic heterocycles. The van der Waals surface area contributed by atoms with E-state index >= 15 is 0 Å². The Kier molecular flexibility index (Phi) is 37.9. The van der Waals surface area contributed by atoms with Crippen LogP contribution in [0.3, 0.4) is 0 Å². The van der Waals surface area contributed by atoms with Crippen molar-refractivity contribution in [2.75, 3.05) is 33.0 Å². The quantitative estimate of drug-likeness (QED) is 0.0287. The fourth-order valence-electron chi connectivity index (χ4n) is 11.9. The molecule has 2 aromatic carbocycles. The Bertz CT molecular complexity index is 2660. The Morgan fingerprint density at radius 1 is 0.632 bits per heavy atom. The lowest BCUT2D eigenvalue weighted by Gasteiger charge is -2.56. The molecule has 0 radical (unpaired) electrons. The first-order chi connectivity index (χ1) is 44.2. The number of ether oxygens (including phenoxy) is 4. The SMILES string of the molecule is C=C(C)C(=O)OCC(F)(F)F.C=CC(=O)OCC(CC)CCCC.CCC1(C)CC(=O)C(C)C(C)(CC)N1OC(C)c1ccccc1.CCCCC(CC)COC(=O)C(CC(C)c1ccccc1)CC(C)(CON1C(C)(CC)CC(=O)C(C)C1(C)CC)C(=O)OCC(F)(F)F. The van der Waals surface area contributed by atoms with Crippen molar-refractivity contribution in [1.29, 1.82) is 0 Å². The van der Waals surface area contributed by atoms with Crippen LogP contribution >= 0.6 is 0 Å². The highest BCUT2D eigenvalue weighted by molar-refractivity contribution is 5.87. The molecule has 2 saturated heterocycles. The average molecular weight is 1350 g/mol. The number of carbonyl (C=O) groups excluding carboxylic acids is 6. The van der Waals surface area contributed by atoms with E-state index in [0.717, 1.165) is 62.5 Å². The molecule has 0 N–H and O–H groups in total. The van der Waals surface area contributed by atoms with Gasteiger partial charge >= 0.3 is 36.2 Å². The number of alkyl halides is 6. The van der Waals surface area contributed by atoms with Gasteiger partial charge in [-0.3, -0.25) is 28.9 Å². The molecule has 2 fully saturated rings. The van der Waals surface area contributed by atoms with Crippen molar-refractivity contribution in [3.8, 4) is 0 Å². The van der Waals surface area contributed by atoms with Crippen LogP contribution in [0, 0.1) is 35.0 Å². The van der Waals surface area contributed by atoms with Crippen molar-refractivity contribution in [3.63, 3.8) is 0 Å². The van der Waals surface area contributed by atoms with Gasteiger partial charge in [-0.2, -0.15) is 36.5 Å². The van der Waals surface area contributed by atoms with Crippen LogP contribution in [-0.4, -0.2) is 113 Å². The Morgan fingerprint density at radius 2 is 1.06 bits per heavy atom. The number of carbonyl (C=O) groups is 6. The lowest BCUT2D eigenvalue weighted by molar-refractivity contribution is -0.315. The minimum atomic E-state index is -4.73. The van der Waals surface area contributed by atoms with Crippen LogP contribution in [0.1, 0.15) is 251 Å². The summed E-state index contributed by atoms with van der Waals surface area (Å²) in [7, 11) is 0. The largest absolute Gasteiger partial charge is 0.465 e. The second-order valence-corrected chi connectivity index (χ2v) is 27.3. The Labute approximate surface area is 565 Å². The Morgan fingerprint density at radius 3 is 1.47 bits per heavy atom. The number of unbranched alkanes of at least 4 members (excludes halogenated alkanes) is 2. The van der Waals surface area contributed by atoms with Crippen molar-refractivity contribution >= 4 is 35.4 Å². The zero-order chi connectivity index (χ0) is 72.8. The molecule has 14 nitrogen and oxygen atoms in total. The molecular weight excluding hydrogens is 1230 g/mol. The number of hydroxylamine groups is 4. The monoisotopic (exact) mass is 1350 g/mol. The number of ketones is 2. The van der Waals surface area contributed by atoms with Gasteiger partial charge in [0.1, 0.15) is 17.7 Å². The summed E-state index contributed by atoms with van der Waals surface area (Å²) >= 11 is 0. The number of rotatable bonds is 33. The third kappa shape index (κ3) is 28.1. The predicted molar refractivity (Wildman–Crippen MR) is 361 cm³/mol. The van der Waals surface area contributed by atoms with Crippen molar-refractivity contribution in [2.24, 2.45) is 35.0 Å². The third-order valence-electron chi connectivity index (χ3n) is 19.6. The lowest BCUT2D eigenvalue weighted by atomic mass is 9.70. The lowest BCUT2D eigenvalue weighted by Crippen LogP contribution is -2.67. The number of halogens is 6. The van der Waals surface area contributed by atoms with Gasteiger partial charge in [0.05, 0.1) is 53.3 Å². The van der Waals surface area contributed by atoms with Gasteiger partial charge in [-0.25, -0.2) is 9.59 Å². The molecule has 0 saturated carbocycles. The zero-order valence-corrected chi connectivity index (χ0v) is 60.7. The summed E-state index contributed by atoms with van der Waals surface area (Å²) in [6, 6.07) is 19.9. The van der Waals surface area contributed by atoms with Crippen LogP contribution in [-0.2, 0) is 57.4 Å². The predicted octanol–water partition coefficient (Wildman–Crippen LogP) is 18.8. The number of benzene rings is 2. The maximum Gasteiger partial charge on any atom is 0.422 e. The van der Waals surface area contributed by atoms with E-state index in [1.165, 1.54) is 32.8 Å². The van der Waals surface area contributed by atoms with Gasteiger partial charge in [0.2, 0.25) is 0 Å². The molecule has 0 aliphatic carbocycles. The number of piperidine rings is 2. The summed E-state index contributed by atoms with van der Waals surface area (Å²) in [6.45, 7) is 39.2. The standard InChI is InChI=1S/C38H60F3NO6.C20H31NO2.C11H20O2.C6H7F3O2/c1-10-14-18-29(11-2)24-46-33(44)31(21-27(5)30-19-16-15-17-20-30)22-35(7,34(45)47-26-38(39,40)41)25-48-42-36(8,12-3)23-32(43)28(6)37(42,9)13-4;1-7-19(5)14-18(22)15(3)20(6,8-2)21(19)23-16(4)17-12-10-9-11-13-17;1-4-7-8-10(5-2)9-13-11(12)6-3;1-4(2)5(10)11-3-6(7,8)9/h15-17,19-20,27-29,31H,10-14,18,21-26H2,1-9H3;9-13,15-16H,7-8,14H2,1-6H3;6,10H,3-5,7-9H2,1-2H3;1,3H2,2H3. The highest BCUT2D eigenvalue weighted by atomic mass is 19.4. The topological polar surface area (TPSA) is 164 Å². The molecule has 0 spiro atoms. The molecule has 2 aromatic rings. The summed E-state index contributed by atoms with van der Waals surface area (Å²) in [4.78, 5) is 87.3. The van der Waals surface area contributed by atoms with Gasteiger partial charge in [0.15, 0.2) is 13.2 Å². The number of Topliss-reactive ketones (excluding diaryl/α,β-unsaturated/α-hetero) is 2. The molecule has 0 aromatic heterocycles. The summed E-state index contributed by atoms with van der Waals surface area (Å²) in [5.41, 5.74) is -1.51. The molecule has 2 heterocycles. The van der Waals surface area contributed by atoms with Crippen molar-refractivity contribution in [3.05, 3.63) is 96.6 Å². The number of esters is 4. The van der Waals surface area contributed by atoms with Gasteiger partial charge in [-0.05, 0) is 129 Å². The summed E-state index contributed by atoms with van der Waals surface area (Å²) in [6.07, 6.45) is 4.29. The molecule has 20 heteroatoms. The molecule has 95 heavy (non-hydrogen) atoms. The minimum Gasteiger partial charge on any atom is -0.465 e. The molecule has 12 atom stereocenters. The molecule has 0 bridgehead atoms. The highest BCUT2D eigenvalue weighted by Crippen LogP contribution is 2.47. The van der Waals surface area contributed by atoms with Gasteiger partial charge in [0, 0.05) is 36.3 Å². The third-order valence-corrected chi connectivity index (χ3v) is 19.6. The van der Waals surface area contributed by atoms with Crippen molar-refractivity contribution in [1.82, 2.24) is 10.1 Å². The first-order valence-corrected chi connectivity index (χ1v) is 34.4. The zero-order valence-electron chi connectivity index (χ0n) is 60.7. The molecule has 542 valence electrons. The second-order valence-electron chi connectivity index (χ2n) is 27.3. The highest BCUT2D eigenvalue weighted by Gasteiger charge is 2.56. The maximum atomic E-state index is 13.9. The maximum absolute atomic E-state index is 13.9. The fourth-order valence-corrected chi connectivity index (χ4v) is 11.9. The first kappa shape index (κ1) is 87.6. The van der Waals surface area contributed by atoms with E-state index < -0.39 is 65.9 Å². The summed E-state index contributed by atoms with van der Waals surface area (Å²) in [5.74, 6) is -3.08. The van der Waals surface area contributed by atoms with E-state index in [1.807, 2.05) is 97.0 Å². The number of nitrogens with zero attached hydrogens (tertiary/aromatic N) is 2. The van der Waals surface area contributed by atoms with Crippen LogP contribution < -0.4 is 0 Å². The van der Waals surface area contributed by atoms with Gasteiger partial charge in [-0.15, -0.1) is 0 Å². The smallest absolute Gasteiger partial charge is 0.422 e. The molecule has 2 aliphatic rings. The number of hydrogen-bond acceptors (Lipinski definition) is 14. The first-order valence-electron chi connectivity index (χ1n) is 34.4. The van der Waals surface area contributed by atoms with Crippen molar-refractivity contribution < 1.29 is 83.7 Å². The van der Waals surface area contributed by atoms with Crippen molar-refractivity contribution in [2.45, 2.75) is 274 Å². The van der Waals surface area contributed by atoms with E-state index in [-0.39, 0.29) is 84.2 Å². The Balaban J connectivity index is 0.000000780. The molecule has 4 rings (SSSR count). The fraction of sp³-hybridized carbons (Fsp3) is 0.707. The van der Waals surface area contributed by atoms with Gasteiger partial charge in [0.25, 0.3) is 0 Å². The summed E-state index contributed by atoms with van der Waals surface area (Å²) in [5, 5.41) is 3.95. The van der Waals surface area contributed by atoms with Crippen LogP contribution in [0.4, 0.5) is 26.3 Å².